The van der Waals surface area contributed by atoms with Gasteiger partial charge in [0.2, 0.25) is 16.7 Å². The Bertz CT molecular complexity index is 2960. The Hall–Kier alpha value is -5.07. The van der Waals surface area contributed by atoms with Crippen LogP contribution < -0.4 is 33.7 Å². The molecule has 0 unspecified atom stereocenters. The maximum absolute atomic E-state index is 13.2. The summed E-state index contributed by atoms with van der Waals surface area (Å²) in [6.45, 7) is 17.1. The van der Waals surface area contributed by atoms with E-state index < -0.39 is 0 Å². The molecule has 0 spiro atoms. The van der Waals surface area contributed by atoms with Crippen LogP contribution in [0.1, 0.15) is 50.9 Å². The van der Waals surface area contributed by atoms with E-state index in [1.807, 2.05) is 29.7 Å². The van der Waals surface area contributed by atoms with Crippen LogP contribution >= 0.6 is 46.2 Å². The van der Waals surface area contributed by atoms with Gasteiger partial charge < -0.3 is 14.9 Å². The largest absolute Gasteiger partial charge is 0.508 e. The zero-order valence-corrected chi connectivity index (χ0v) is 37.6. The molecule has 2 aliphatic heterocycles. The summed E-state index contributed by atoms with van der Waals surface area (Å²) >= 11 is 6.87. The lowest BCUT2D eigenvalue weighted by Gasteiger charge is -2.17. The minimum atomic E-state index is 0.0818. The molecule has 300 valence electrons. The van der Waals surface area contributed by atoms with E-state index in [9.17, 15) is 9.90 Å². The highest BCUT2D eigenvalue weighted by Crippen LogP contribution is 2.48. The number of phenols is 1. The summed E-state index contributed by atoms with van der Waals surface area (Å²) in [7, 11) is 0. The van der Waals surface area contributed by atoms with Gasteiger partial charge in [-0.25, -0.2) is 0 Å². The van der Waals surface area contributed by atoms with Crippen molar-refractivity contribution in [1.29, 1.82) is 0 Å². The average molecular weight is 856 g/mol. The number of aromatic nitrogens is 3. The molecule has 0 saturated carbocycles. The average Bonchev–Trinajstić information content (AvgIpc) is 3.98. The van der Waals surface area contributed by atoms with Crippen molar-refractivity contribution < 1.29 is 14.2 Å². The van der Waals surface area contributed by atoms with E-state index in [1.165, 1.54) is 57.9 Å². The molecule has 4 aromatic carbocycles. The highest BCUT2D eigenvalue weighted by Gasteiger charge is 2.26. The second-order valence-electron chi connectivity index (χ2n) is 14.2. The first kappa shape index (κ1) is 40.7. The molecule has 59 heavy (non-hydrogen) atoms. The van der Waals surface area contributed by atoms with Crippen molar-refractivity contribution in [3.05, 3.63) is 149 Å². The fourth-order valence-electron chi connectivity index (χ4n) is 7.76. The summed E-state index contributed by atoms with van der Waals surface area (Å²) in [6.07, 6.45) is 8.52. The number of rotatable bonds is 8. The molecule has 0 fully saturated rings. The lowest BCUT2D eigenvalue weighted by atomic mass is 10.1. The number of para-hydroxylation sites is 2. The Labute approximate surface area is 362 Å². The van der Waals surface area contributed by atoms with Crippen LogP contribution in [0.2, 0.25) is 0 Å². The van der Waals surface area contributed by atoms with E-state index in [0.717, 1.165) is 46.1 Å². The van der Waals surface area contributed by atoms with E-state index in [1.54, 1.807) is 52.3 Å². The van der Waals surface area contributed by atoms with Crippen molar-refractivity contribution in [2.75, 3.05) is 22.9 Å². The third kappa shape index (κ3) is 8.01. The molecule has 0 saturated heterocycles. The van der Waals surface area contributed by atoms with Gasteiger partial charge in [0.05, 0.1) is 32.0 Å². The van der Waals surface area contributed by atoms with Crippen LogP contribution in [0.15, 0.2) is 128 Å². The Morgan fingerprint density at radius 1 is 0.661 bits per heavy atom. The quantitative estimate of drug-likeness (QED) is 0.154. The monoisotopic (exact) mass is 855 g/mol. The van der Waals surface area contributed by atoms with E-state index in [0.29, 0.717) is 12.3 Å². The van der Waals surface area contributed by atoms with Crippen molar-refractivity contribution in [3.8, 4) is 5.75 Å². The first-order valence-electron chi connectivity index (χ1n) is 20.3. The Kier molecular flexibility index (Phi) is 12.2. The number of hydrogen-bond acceptors (Lipinski definition) is 8. The van der Waals surface area contributed by atoms with Gasteiger partial charge in [0.1, 0.15) is 28.2 Å². The fourth-order valence-corrected chi connectivity index (χ4v) is 12.3. The fraction of sp³-hybridized carbons (Fsp3) is 0.229. The summed E-state index contributed by atoms with van der Waals surface area (Å²) in [5.41, 5.74) is 7.39. The first-order chi connectivity index (χ1) is 28.7. The number of allylic oxidation sites excluding steroid dienone is 1. The zero-order valence-electron chi connectivity index (χ0n) is 34.3. The number of pyridine rings is 1. The van der Waals surface area contributed by atoms with E-state index >= 15 is 0 Å². The van der Waals surface area contributed by atoms with Crippen molar-refractivity contribution in [2.24, 2.45) is 0 Å². The van der Waals surface area contributed by atoms with E-state index in [-0.39, 0.29) is 5.56 Å². The van der Waals surface area contributed by atoms with Gasteiger partial charge in [-0.3, -0.25) is 9.36 Å². The first-order valence-corrected chi connectivity index (χ1v) is 23.5. The second kappa shape index (κ2) is 17.6. The standard InChI is InChI=1S/C26H26N3OS3.C22H22N2OS/c1-4-27-18-11-7-9-13-20(18)31-23(27)16-15-22-26(30)29(6-3)25(33-22)17-24-28(5-2)19-12-8-10-14-21(19)32-24;1-4-23-17(9-8-16-7-6-15(3)12-19(16)23)13-22-24(5-2)20-14-18(25)10-11-21(20)26-22/h7-17H,4-6H2,1-3H3;6-14H,4-5H2,1-3H3/q+1;/p+1/b22-15-,23-16+;. The second-order valence-corrected chi connectivity index (χ2v) is 18.4. The van der Waals surface area contributed by atoms with Crippen LogP contribution in [0.3, 0.4) is 0 Å². The number of benzene rings is 4. The maximum Gasteiger partial charge on any atom is 0.269 e. The zero-order chi connectivity index (χ0) is 41.2. The predicted octanol–water partition coefficient (Wildman–Crippen LogP) is 9.63. The van der Waals surface area contributed by atoms with Crippen LogP contribution in [-0.4, -0.2) is 22.8 Å². The van der Waals surface area contributed by atoms with Gasteiger partial charge in [-0.1, -0.05) is 65.2 Å². The molecule has 11 heteroatoms. The molecule has 9 rings (SSSR count). The lowest BCUT2D eigenvalue weighted by molar-refractivity contribution is -0.669. The van der Waals surface area contributed by atoms with E-state index in [2.05, 4.69) is 151 Å². The number of fused-ring (bicyclic) bond motifs is 4. The van der Waals surface area contributed by atoms with Crippen LogP contribution in [0.5, 0.6) is 5.75 Å². The van der Waals surface area contributed by atoms with Gasteiger partial charge in [0, 0.05) is 65.2 Å². The highest BCUT2D eigenvalue weighted by molar-refractivity contribution is 8.04. The van der Waals surface area contributed by atoms with Crippen LogP contribution in [0.4, 0.5) is 11.4 Å². The van der Waals surface area contributed by atoms with Crippen molar-refractivity contribution in [3.63, 3.8) is 0 Å². The molecule has 3 aromatic heterocycles. The van der Waals surface area contributed by atoms with E-state index in [4.69, 9.17) is 0 Å². The molecule has 0 amide bonds. The van der Waals surface area contributed by atoms with Crippen molar-refractivity contribution in [2.45, 2.75) is 71.0 Å². The molecule has 5 heterocycles. The molecule has 0 radical (unpaired) electrons. The molecular formula is C48H49N5O2S4+2. The molecule has 7 nitrogen and oxygen atoms in total. The van der Waals surface area contributed by atoms with Crippen LogP contribution in [-0.2, 0) is 19.6 Å². The third-order valence-electron chi connectivity index (χ3n) is 10.6. The van der Waals surface area contributed by atoms with Gasteiger partial charge in [0.15, 0.2) is 0 Å². The summed E-state index contributed by atoms with van der Waals surface area (Å²) in [4.78, 5) is 20.2. The highest BCUT2D eigenvalue weighted by atomic mass is 32.2. The summed E-state index contributed by atoms with van der Waals surface area (Å²) in [5, 5.41) is 14.6. The Balaban J connectivity index is 0.000000169. The van der Waals surface area contributed by atoms with Crippen LogP contribution in [0, 0.1) is 6.92 Å². The topological polar surface area (TPSA) is 56.5 Å². The normalized spacial score (nSPS) is 15.5. The molecule has 2 aliphatic rings. The number of nitrogens with zero attached hydrogens (tertiary/aromatic N) is 5. The summed E-state index contributed by atoms with van der Waals surface area (Å²) < 4.78 is 9.60. The smallest absolute Gasteiger partial charge is 0.269 e. The van der Waals surface area contributed by atoms with Gasteiger partial charge in [-0.05, 0) is 102 Å². The number of thiazole rings is 2. The Morgan fingerprint density at radius 2 is 1.37 bits per heavy atom. The minimum Gasteiger partial charge on any atom is -0.508 e. The molecular weight excluding hydrogens is 807 g/mol. The minimum absolute atomic E-state index is 0.0818. The van der Waals surface area contributed by atoms with Gasteiger partial charge in [-0.15, -0.1) is 11.3 Å². The molecule has 0 aliphatic carbocycles. The predicted molar refractivity (Wildman–Crippen MR) is 252 cm³/mol. The third-order valence-corrected chi connectivity index (χ3v) is 15.1. The number of aromatic hydroxyl groups is 1. The number of thioether (sulfide) groups is 2. The van der Waals surface area contributed by atoms with Gasteiger partial charge in [0.25, 0.3) is 10.6 Å². The van der Waals surface area contributed by atoms with Gasteiger partial charge >= 0.3 is 0 Å². The van der Waals surface area contributed by atoms with Crippen molar-refractivity contribution >= 4 is 96.9 Å². The van der Waals surface area contributed by atoms with Gasteiger partial charge in [-0.2, -0.15) is 9.13 Å². The van der Waals surface area contributed by atoms with Crippen molar-refractivity contribution in [1.82, 2.24) is 4.57 Å². The molecule has 0 atom stereocenters. The molecule has 1 N–H and O–H groups in total. The Morgan fingerprint density at radius 3 is 2.15 bits per heavy atom. The number of phenolic OH excluding ortho intramolecular Hbond substituents is 1. The maximum atomic E-state index is 13.2. The number of aryl methyl sites for hydroxylation is 3. The van der Waals surface area contributed by atoms with Crippen LogP contribution in [0.25, 0.3) is 39.3 Å². The summed E-state index contributed by atoms with van der Waals surface area (Å²) in [5.74, 6) is 0.314. The number of anilines is 2. The lowest BCUT2D eigenvalue weighted by Crippen LogP contribution is -2.37. The number of hydrogen-bond donors (Lipinski definition) is 1. The molecule has 0 bridgehead atoms. The SMILES string of the molecule is CCN1/C(=C\C=c2/s/c(=C\c3sc4ccccc4[n+]3CC)n(CC)c2=O)Sc2ccccc21.CCN1C(=Cc2ccc3ccc(C)cc3[n+]2CC)Sc2ccc(O)cc21. The summed E-state index contributed by atoms with van der Waals surface area (Å²) in [6, 6.07) is 33.5. The molecule has 7 aromatic rings.